The van der Waals surface area contributed by atoms with Crippen LogP contribution in [0.25, 0.3) is 0 Å². The molecule has 2 N–H and O–H groups in total. The first-order valence-electron chi connectivity index (χ1n) is 6.64. The zero-order valence-electron chi connectivity index (χ0n) is 11.3. The van der Waals surface area contributed by atoms with Crippen molar-refractivity contribution >= 4 is 17.5 Å². The molecule has 0 saturated carbocycles. The van der Waals surface area contributed by atoms with Crippen molar-refractivity contribution < 1.29 is 9.59 Å². The van der Waals surface area contributed by atoms with E-state index in [1.807, 2.05) is 24.3 Å². The monoisotopic (exact) mass is 285 g/mol. The van der Waals surface area contributed by atoms with Gasteiger partial charge in [-0.3, -0.25) is 9.59 Å². The molecular formula is C14H15N5O2. The van der Waals surface area contributed by atoms with E-state index in [-0.39, 0.29) is 12.3 Å². The number of carbonyl (C=O) groups excluding carboxylic acids is 2. The van der Waals surface area contributed by atoms with Crippen molar-refractivity contribution in [2.75, 3.05) is 11.4 Å². The summed E-state index contributed by atoms with van der Waals surface area (Å²) < 4.78 is 1.72. The van der Waals surface area contributed by atoms with Gasteiger partial charge in [0.1, 0.15) is 12.7 Å². The van der Waals surface area contributed by atoms with E-state index in [1.54, 1.807) is 15.9 Å². The van der Waals surface area contributed by atoms with Gasteiger partial charge in [0, 0.05) is 18.7 Å². The van der Waals surface area contributed by atoms with Crippen LogP contribution in [0.5, 0.6) is 0 Å². The molecule has 0 spiro atoms. The summed E-state index contributed by atoms with van der Waals surface area (Å²) in [6, 6.07) is 7.60. The minimum Gasteiger partial charge on any atom is -0.369 e. The van der Waals surface area contributed by atoms with Gasteiger partial charge in [0.2, 0.25) is 11.8 Å². The van der Waals surface area contributed by atoms with Crippen molar-refractivity contribution in [3.8, 4) is 0 Å². The fourth-order valence-corrected chi connectivity index (χ4v) is 2.43. The number of benzene rings is 1. The highest BCUT2D eigenvalue weighted by atomic mass is 16.2. The molecule has 1 unspecified atom stereocenters. The Balaban J connectivity index is 1.72. The van der Waals surface area contributed by atoms with Gasteiger partial charge in [-0.25, -0.2) is 9.67 Å². The smallest absolute Gasteiger partial charge is 0.227 e. The standard InChI is InChI=1S/C14H15N5O2/c15-14(21)11-5-13(20)19(7-11)12-3-1-10(2-4-12)6-18-9-16-8-17-18/h1-4,8-9,11H,5-7H2,(H2,15,21). The van der Waals surface area contributed by atoms with Crippen LogP contribution in [0.2, 0.25) is 0 Å². The van der Waals surface area contributed by atoms with Gasteiger partial charge < -0.3 is 10.6 Å². The maximum absolute atomic E-state index is 11.9. The van der Waals surface area contributed by atoms with Gasteiger partial charge in [-0.15, -0.1) is 0 Å². The molecule has 7 nitrogen and oxygen atoms in total. The molecule has 108 valence electrons. The summed E-state index contributed by atoms with van der Waals surface area (Å²) in [5.74, 6) is -0.885. The second-order valence-corrected chi connectivity index (χ2v) is 5.07. The van der Waals surface area contributed by atoms with E-state index in [0.717, 1.165) is 11.3 Å². The quantitative estimate of drug-likeness (QED) is 0.866. The lowest BCUT2D eigenvalue weighted by Crippen LogP contribution is -2.28. The molecule has 1 fully saturated rings. The van der Waals surface area contributed by atoms with Crippen LogP contribution < -0.4 is 10.6 Å². The average molecular weight is 285 g/mol. The van der Waals surface area contributed by atoms with Crippen molar-refractivity contribution in [1.82, 2.24) is 14.8 Å². The number of nitrogens with zero attached hydrogens (tertiary/aromatic N) is 4. The van der Waals surface area contributed by atoms with E-state index < -0.39 is 11.8 Å². The van der Waals surface area contributed by atoms with Gasteiger partial charge in [0.15, 0.2) is 0 Å². The zero-order chi connectivity index (χ0) is 14.8. The van der Waals surface area contributed by atoms with Crippen LogP contribution in [-0.2, 0) is 16.1 Å². The highest BCUT2D eigenvalue weighted by Crippen LogP contribution is 2.25. The molecule has 1 atom stereocenters. The number of aromatic nitrogens is 3. The molecule has 0 aliphatic carbocycles. The minimum absolute atomic E-state index is 0.0668. The van der Waals surface area contributed by atoms with E-state index in [1.165, 1.54) is 6.33 Å². The highest BCUT2D eigenvalue weighted by molar-refractivity contribution is 6.00. The number of hydrogen-bond acceptors (Lipinski definition) is 4. The maximum atomic E-state index is 11.9. The van der Waals surface area contributed by atoms with Crippen LogP contribution in [-0.4, -0.2) is 33.1 Å². The molecule has 0 bridgehead atoms. The Labute approximate surface area is 121 Å². The molecule has 1 saturated heterocycles. The summed E-state index contributed by atoms with van der Waals surface area (Å²) in [6.45, 7) is 0.981. The minimum atomic E-state index is -0.423. The number of nitrogens with two attached hydrogens (primary N) is 1. The Kier molecular flexibility index (Phi) is 3.39. The second-order valence-electron chi connectivity index (χ2n) is 5.07. The largest absolute Gasteiger partial charge is 0.369 e. The van der Waals surface area contributed by atoms with Crippen molar-refractivity contribution in [2.45, 2.75) is 13.0 Å². The van der Waals surface area contributed by atoms with Crippen LogP contribution in [0.3, 0.4) is 0 Å². The summed E-state index contributed by atoms with van der Waals surface area (Å²) >= 11 is 0. The van der Waals surface area contributed by atoms with E-state index >= 15 is 0 Å². The van der Waals surface area contributed by atoms with Crippen LogP contribution in [0.4, 0.5) is 5.69 Å². The molecule has 0 radical (unpaired) electrons. The summed E-state index contributed by atoms with van der Waals surface area (Å²) in [7, 11) is 0. The number of primary amides is 1. The third kappa shape index (κ3) is 2.76. The Morgan fingerprint density at radius 2 is 2.10 bits per heavy atom. The van der Waals surface area contributed by atoms with Crippen molar-refractivity contribution in [3.05, 3.63) is 42.5 Å². The van der Waals surface area contributed by atoms with Gasteiger partial charge in [0.05, 0.1) is 12.5 Å². The summed E-state index contributed by atoms with van der Waals surface area (Å²) in [5, 5.41) is 4.04. The van der Waals surface area contributed by atoms with Crippen molar-refractivity contribution in [1.29, 1.82) is 0 Å². The van der Waals surface area contributed by atoms with Crippen LogP contribution in [0, 0.1) is 5.92 Å². The molecule has 2 aromatic rings. The Morgan fingerprint density at radius 3 is 2.67 bits per heavy atom. The molecular weight excluding hydrogens is 270 g/mol. The zero-order valence-corrected chi connectivity index (χ0v) is 11.3. The molecule has 2 amide bonds. The van der Waals surface area contributed by atoms with E-state index in [4.69, 9.17) is 5.73 Å². The third-order valence-corrected chi connectivity index (χ3v) is 3.59. The van der Waals surface area contributed by atoms with Crippen LogP contribution in [0.15, 0.2) is 36.9 Å². The molecule has 1 aromatic carbocycles. The summed E-state index contributed by atoms with van der Waals surface area (Å²) in [6.07, 6.45) is 3.33. The lowest BCUT2D eigenvalue weighted by Gasteiger charge is -2.16. The van der Waals surface area contributed by atoms with Crippen molar-refractivity contribution in [2.24, 2.45) is 11.7 Å². The van der Waals surface area contributed by atoms with Gasteiger partial charge >= 0.3 is 0 Å². The number of hydrogen-bond donors (Lipinski definition) is 1. The molecule has 2 heterocycles. The molecule has 21 heavy (non-hydrogen) atoms. The molecule has 1 aromatic heterocycles. The summed E-state index contributed by atoms with van der Waals surface area (Å²) in [5.41, 5.74) is 7.11. The maximum Gasteiger partial charge on any atom is 0.227 e. The molecule has 7 heteroatoms. The number of rotatable bonds is 4. The lowest BCUT2D eigenvalue weighted by molar-refractivity contribution is -0.123. The third-order valence-electron chi connectivity index (χ3n) is 3.59. The fraction of sp³-hybridized carbons (Fsp3) is 0.286. The highest BCUT2D eigenvalue weighted by Gasteiger charge is 2.33. The number of carbonyl (C=O) groups is 2. The van der Waals surface area contributed by atoms with E-state index in [0.29, 0.717) is 13.1 Å². The summed E-state index contributed by atoms with van der Waals surface area (Å²) in [4.78, 5) is 28.6. The number of anilines is 1. The van der Waals surface area contributed by atoms with Gasteiger partial charge in [0.25, 0.3) is 0 Å². The molecule has 3 rings (SSSR count). The average Bonchev–Trinajstić information content (AvgIpc) is 3.09. The molecule has 1 aliphatic rings. The Bertz CT molecular complexity index is 651. The van der Waals surface area contributed by atoms with Gasteiger partial charge in [-0.1, -0.05) is 12.1 Å². The fourth-order valence-electron chi connectivity index (χ4n) is 2.43. The molecule has 1 aliphatic heterocycles. The Hall–Kier alpha value is -2.70. The van der Waals surface area contributed by atoms with Crippen LogP contribution in [0.1, 0.15) is 12.0 Å². The van der Waals surface area contributed by atoms with Gasteiger partial charge in [-0.05, 0) is 17.7 Å². The van der Waals surface area contributed by atoms with Gasteiger partial charge in [-0.2, -0.15) is 5.10 Å². The Morgan fingerprint density at radius 1 is 1.33 bits per heavy atom. The lowest BCUT2D eigenvalue weighted by atomic mass is 10.1. The second kappa shape index (κ2) is 5.35. The first-order valence-corrected chi connectivity index (χ1v) is 6.64. The van der Waals surface area contributed by atoms with E-state index in [9.17, 15) is 9.59 Å². The normalized spacial score (nSPS) is 18.2. The van der Waals surface area contributed by atoms with Crippen LogP contribution >= 0.6 is 0 Å². The first kappa shape index (κ1) is 13.3. The SMILES string of the molecule is NC(=O)C1CC(=O)N(c2ccc(Cn3cncn3)cc2)C1. The van der Waals surface area contributed by atoms with Crippen molar-refractivity contribution in [3.63, 3.8) is 0 Å². The predicted octanol–water partition coefficient (Wildman–Crippen LogP) is 0.165. The topological polar surface area (TPSA) is 94.1 Å². The van der Waals surface area contributed by atoms with E-state index in [2.05, 4.69) is 10.1 Å². The first-order chi connectivity index (χ1) is 10.1. The number of amides is 2. The predicted molar refractivity (Wildman–Crippen MR) is 75.2 cm³/mol.